The molecule has 3 rings (SSSR count). The van der Waals surface area contributed by atoms with Gasteiger partial charge in [0.15, 0.2) is 0 Å². The van der Waals surface area contributed by atoms with Crippen LogP contribution >= 0.6 is 11.8 Å². The minimum absolute atomic E-state index is 0.113. The maximum absolute atomic E-state index is 12.9. The highest BCUT2D eigenvalue weighted by Gasteiger charge is 2.07. The van der Waals surface area contributed by atoms with Crippen molar-refractivity contribution in [1.29, 1.82) is 0 Å². The monoisotopic (exact) mass is 424 g/mol. The Balaban J connectivity index is 1.47. The largest absolute Gasteiger partial charge is 0.494 e. The number of carbonyl (C=O) groups is 2. The third kappa shape index (κ3) is 6.35. The van der Waals surface area contributed by atoms with Gasteiger partial charge in [-0.15, -0.1) is 11.8 Å². The second-order valence-corrected chi connectivity index (χ2v) is 7.33. The Morgan fingerprint density at radius 2 is 1.47 bits per heavy atom. The van der Waals surface area contributed by atoms with Gasteiger partial charge in [-0.2, -0.15) is 0 Å². The molecular weight excluding hydrogens is 403 g/mol. The summed E-state index contributed by atoms with van der Waals surface area (Å²) < 4.78 is 18.3. The number of rotatable bonds is 8. The van der Waals surface area contributed by atoms with Crippen molar-refractivity contribution in [2.24, 2.45) is 0 Å². The highest BCUT2D eigenvalue weighted by molar-refractivity contribution is 8.00. The predicted molar refractivity (Wildman–Crippen MR) is 118 cm³/mol. The minimum atomic E-state index is -0.389. The molecule has 0 unspecified atom stereocenters. The van der Waals surface area contributed by atoms with E-state index < -0.39 is 0 Å². The highest BCUT2D eigenvalue weighted by atomic mass is 32.2. The zero-order valence-corrected chi connectivity index (χ0v) is 17.2. The van der Waals surface area contributed by atoms with Crippen molar-refractivity contribution in [3.8, 4) is 5.75 Å². The van der Waals surface area contributed by atoms with E-state index >= 15 is 0 Å². The molecule has 154 valence electrons. The fraction of sp³-hybridized carbons (Fsp3) is 0.130. The molecule has 0 spiro atoms. The van der Waals surface area contributed by atoms with Gasteiger partial charge >= 0.3 is 0 Å². The zero-order chi connectivity index (χ0) is 21.3. The molecule has 2 N–H and O–H groups in total. The summed E-state index contributed by atoms with van der Waals surface area (Å²) in [6.07, 6.45) is 0. The summed E-state index contributed by atoms with van der Waals surface area (Å²) in [4.78, 5) is 25.2. The summed E-state index contributed by atoms with van der Waals surface area (Å²) in [6.45, 7) is 2.51. The number of amides is 2. The molecule has 3 aromatic carbocycles. The standard InChI is InChI=1S/C23H21FN2O3S/c1-2-29-20-11-7-18(8-12-20)25-22(27)15-30-21-13-9-19(10-14-21)26-23(28)16-3-5-17(24)6-4-16/h3-14H,2,15H2,1H3,(H,25,27)(H,26,28). The lowest BCUT2D eigenvalue weighted by Crippen LogP contribution is -2.14. The summed E-state index contributed by atoms with van der Waals surface area (Å²) >= 11 is 1.39. The smallest absolute Gasteiger partial charge is 0.255 e. The maximum atomic E-state index is 12.9. The predicted octanol–water partition coefficient (Wildman–Crippen LogP) is 5.21. The third-order valence-corrected chi connectivity index (χ3v) is 5.05. The van der Waals surface area contributed by atoms with Gasteiger partial charge in [-0.3, -0.25) is 9.59 Å². The Hall–Kier alpha value is -3.32. The fourth-order valence-electron chi connectivity index (χ4n) is 2.59. The van der Waals surface area contributed by atoms with E-state index in [0.29, 0.717) is 23.5 Å². The molecule has 2 amide bonds. The van der Waals surface area contributed by atoms with Crippen molar-refractivity contribution in [3.63, 3.8) is 0 Å². The SMILES string of the molecule is CCOc1ccc(NC(=O)CSc2ccc(NC(=O)c3ccc(F)cc3)cc2)cc1. The van der Waals surface area contributed by atoms with Crippen LogP contribution in [0.2, 0.25) is 0 Å². The molecule has 7 heteroatoms. The molecule has 30 heavy (non-hydrogen) atoms. The van der Waals surface area contributed by atoms with E-state index in [2.05, 4.69) is 10.6 Å². The molecule has 0 aliphatic rings. The average Bonchev–Trinajstić information content (AvgIpc) is 2.75. The number of ether oxygens (including phenoxy) is 1. The van der Waals surface area contributed by atoms with E-state index in [4.69, 9.17) is 4.74 Å². The first-order valence-electron chi connectivity index (χ1n) is 9.36. The first-order chi connectivity index (χ1) is 14.5. The molecule has 0 atom stereocenters. The van der Waals surface area contributed by atoms with Crippen LogP contribution in [0.15, 0.2) is 77.7 Å². The lowest BCUT2D eigenvalue weighted by molar-refractivity contribution is -0.113. The Kier molecular flexibility index (Phi) is 7.45. The maximum Gasteiger partial charge on any atom is 0.255 e. The van der Waals surface area contributed by atoms with Crippen LogP contribution in [0.3, 0.4) is 0 Å². The van der Waals surface area contributed by atoms with E-state index in [1.807, 2.05) is 31.2 Å². The number of hydrogen-bond donors (Lipinski definition) is 2. The van der Waals surface area contributed by atoms with E-state index in [-0.39, 0.29) is 23.4 Å². The highest BCUT2D eigenvalue weighted by Crippen LogP contribution is 2.22. The quantitative estimate of drug-likeness (QED) is 0.487. The first kappa shape index (κ1) is 21.4. The number of benzene rings is 3. The molecular formula is C23H21FN2O3S. The summed E-state index contributed by atoms with van der Waals surface area (Å²) in [5.74, 6) is 0.202. The van der Waals surface area contributed by atoms with Crippen molar-refractivity contribution < 1.29 is 18.7 Å². The number of halogens is 1. The van der Waals surface area contributed by atoms with Crippen molar-refractivity contribution in [1.82, 2.24) is 0 Å². The van der Waals surface area contributed by atoms with E-state index in [0.717, 1.165) is 10.6 Å². The van der Waals surface area contributed by atoms with Gasteiger partial charge in [-0.1, -0.05) is 0 Å². The fourth-order valence-corrected chi connectivity index (χ4v) is 3.28. The molecule has 0 heterocycles. The first-order valence-corrected chi connectivity index (χ1v) is 10.3. The van der Waals surface area contributed by atoms with E-state index in [9.17, 15) is 14.0 Å². The molecule has 0 bridgehead atoms. The van der Waals surface area contributed by atoms with Crippen LogP contribution in [0.1, 0.15) is 17.3 Å². The van der Waals surface area contributed by atoms with Gasteiger partial charge in [0.25, 0.3) is 5.91 Å². The van der Waals surface area contributed by atoms with Crippen molar-refractivity contribution in [2.75, 3.05) is 23.0 Å². The van der Waals surface area contributed by atoms with Crippen LogP contribution in [0.4, 0.5) is 15.8 Å². The zero-order valence-electron chi connectivity index (χ0n) is 16.4. The molecule has 0 aromatic heterocycles. The van der Waals surface area contributed by atoms with E-state index in [1.165, 1.54) is 36.0 Å². The van der Waals surface area contributed by atoms with Crippen LogP contribution in [0.25, 0.3) is 0 Å². The van der Waals surface area contributed by atoms with Gasteiger partial charge in [0.2, 0.25) is 5.91 Å². The molecule has 0 saturated carbocycles. The van der Waals surface area contributed by atoms with Crippen LogP contribution < -0.4 is 15.4 Å². The van der Waals surface area contributed by atoms with Gasteiger partial charge in [-0.05, 0) is 79.7 Å². The van der Waals surface area contributed by atoms with Crippen LogP contribution in [-0.2, 0) is 4.79 Å². The van der Waals surface area contributed by atoms with E-state index in [1.54, 1.807) is 24.3 Å². The van der Waals surface area contributed by atoms with Crippen molar-refractivity contribution in [2.45, 2.75) is 11.8 Å². The number of hydrogen-bond acceptors (Lipinski definition) is 4. The number of anilines is 2. The molecule has 0 radical (unpaired) electrons. The van der Waals surface area contributed by atoms with Crippen LogP contribution in [0, 0.1) is 5.82 Å². The Bertz CT molecular complexity index is 990. The van der Waals surface area contributed by atoms with Gasteiger partial charge in [0.1, 0.15) is 11.6 Å². The topological polar surface area (TPSA) is 67.4 Å². The summed E-state index contributed by atoms with van der Waals surface area (Å²) in [6, 6.07) is 19.7. The second-order valence-electron chi connectivity index (χ2n) is 6.28. The molecule has 3 aromatic rings. The minimum Gasteiger partial charge on any atom is -0.494 e. The number of nitrogens with one attached hydrogen (secondary N) is 2. The van der Waals surface area contributed by atoms with Gasteiger partial charge < -0.3 is 15.4 Å². The summed E-state index contributed by atoms with van der Waals surface area (Å²) in [7, 11) is 0. The molecule has 0 saturated heterocycles. The Morgan fingerprint density at radius 3 is 2.10 bits per heavy atom. The van der Waals surface area contributed by atoms with Crippen LogP contribution in [-0.4, -0.2) is 24.2 Å². The van der Waals surface area contributed by atoms with Crippen molar-refractivity contribution in [3.05, 3.63) is 84.2 Å². The van der Waals surface area contributed by atoms with Crippen molar-refractivity contribution >= 4 is 35.0 Å². The third-order valence-electron chi connectivity index (χ3n) is 4.04. The second kappa shape index (κ2) is 10.5. The molecule has 0 aliphatic carbocycles. The average molecular weight is 424 g/mol. The normalized spacial score (nSPS) is 10.3. The molecule has 0 aliphatic heterocycles. The lowest BCUT2D eigenvalue weighted by atomic mass is 10.2. The number of carbonyl (C=O) groups excluding carboxylic acids is 2. The Morgan fingerprint density at radius 1 is 0.867 bits per heavy atom. The summed E-state index contributed by atoms with van der Waals surface area (Å²) in [5.41, 5.74) is 1.70. The van der Waals surface area contributed by atoms with Gasteiger partial charge in [-0.25, -0.2) is 4.39 Å². The van der Waals surface area contributed by atoms with Gasteiger partial charge in [0.05, 0.1) is 12.4 Å². The van der Waals surface area contributed by atoms with Gasteiger partial charge in [0, 0.05) is 21.8 Å². The molecule has 5 nitrogen and oxygen atoms in total. The molecule has 0 fully saturated rings. The Labute approximate surface area is 178 Å². The lowest BCUT2D eigenvalue weighted by Gasteiger charge is -2.08. The summed E-state index contributed by atoms with van der Waals surface area (Å²) in [5, 5.41) is 5.60. The van der Waals surface area contributed by atoms with Crippen LogP contribution in [0.5, 0.6) is 5.75 Å². The number of thioether (sulfide) groups is 1.